The first-order valence-electron chi connectivity index (χ1n) is 3.37. The van der Waals surface area contributed by atoms with Gasteiger partial charge in [-0.25, -0.2) is 8.78 Å². The predicted molar refractivity (Wildman–Crippen MR) is 51.5 cm³/mol. The maximum Gasteiger partial charge on any atom is 0.282 e. The molecule has 1 heterocycles. The van der Waals surface area contributed by atoms with Gasteiger partial charge < -0.3 is 5.73 Å². The Kier molecular flexibility index (Phi) is 3.38. The van der Waals surface area contributed by atoms with Gasteiger partial charge in [0.05, 0.1) is 15.7 Å². The van der Waals surface area contributed by atoms with Gasteiger partial charge in [-0.3, -0.25) is 9.78 Å². The van der Waals surface area contributed by atoms with E-state index in [1.807, 2.05) is 0 Å². The minimum absolute atomic E-state index is 0.0337. The van der Waals surface area contributed by atoms with Crippen molar-refractivity contribution in [1.82, 2.24) is 4.98 Å². The second-order valence-electron chi connectivity index (χ2n) is 2.36. The van der Waals surface area contributed by atoms with E-state index in [9.17, 15) is 13.6 Å². The number of aromatic nitrogens is 1. The SMILES string of the molecule is Nc1c(C(F)F)ncc(C(=O)Cl)c1Br. The maximum absolute atomic E-state index is 12.3. The van der Waals surface area contributed by atoms with Crippen molar-refractivity contribution in [3.05, 3.63) is 21.9 Å². The molecule has 0 aliphatic heterocycles. The lowest BCUT2D eigenvalue weighted by Crippen LogP contribution is -2.04. The topological polar surface area (TPSA) is 56.0 Å². The zero-order chi connectivity index (χ0) is 10.9. The molecular formula is C7H4BrClF2N2O. The molecule has 76 valence electrons. The van der Waals surface area contributed by atoms with Gasteiger partial charge in [-0.15, -0.1) is 0 Å². The highest BCUT2D eigenvalue weighted by molar-refractivity contribution is 9.10. The smallest absolute Gasteiger partial charge is 0.282 e. The molecule has 1 aromatic rings. The quantitative estimate of drug-likeness (QED) is 0.850. The second-order valence-corrected chi connectivity index (χ2v) is 3.50. The summed E-state index contributed by atoms with van der Waals surface area (Å²) in [5.41, 5.74) is 4.45. The summed E-state index contributed by atoms with van der Waals surface area (Å²) in [6.45, 7) is 0. The summed E-state index contributed by atoms with van der Waals surface area (Å²) in [5.74, 6) is 0. The number of nitrogen functional groups attached to an aromatic ring is 1. The summed E-state index contributed by atoms with van der Waals surface area (Å²) in [6.07, 6.45) is -1.83. The van der Waals surface area contributed by atoms with Crippen LogP contribution in [-0.4, -0.2) is 10.2 Å². The molecular weight excluding hydrogens is 281 g/mol. The van der Waals surface area contributed by atoms with Crippen LogP contribution < -0.4 is 5.73 Å². The number of nitrogens with zero attached hydrogens (tertiary/aromatic N) is 1. The van der Waals surface area contributed by atoms with E-state index in [-0.39, 0.29) is 15.7 Å². The van der Waals surface area contributed by atoms with E-state index < -0.39 is 17.4 Å². The van der Waals surface area contributed by atoms with Gasteiger partial charge in [-0.05, 0) is 27.5 Å². The zero-order valence-electron chi connectivity index (χ0n) is 6.60. The first-order valence-corrected chi connectivity index (χ1v) is 4.54. The lowest BCUT2D eigenvalue weighted by atomic mass is 10.2. The normalized spacial score (nSPS) is 10.6. The molecule has 0 aromatic carbocycles. The van der Waals surface area contributed by atoms with Crippen LogP contribution in [-0.2, 0) is 0 Å². The van der Waals surface area contributed by atoms with Crippen LogP contribution in [0.2, 0.25) is 0 Å². The Morgan fingerprint density at radius 1 is 1.64 bits per heavy atom. The highest BCUT2D eigenvalue weighted by Gasteiger charge is 2.19. The maximum atomic E-state index is 12.3. The average Bonchev–Trinajstić information content (AvgIpc) is 2.08. The third-order valence-corrected chi connectivity index (χ3v) is 2.56. The van der Waals surface area contributed by atoms with E-state index in [1.165, 1.54) is 0 Å². The van der Waals surface area contributed by atoms with Gasteiger partial charge in [0.2, 0.25) is 0 Å². The molecule has 2 N–H and O–H groups in total. The van der Waals surface area contributed by atoms with Crippen molar-refractivity contribution in [3.8, 4) is 0 Å². The summed E-state index contributed by atoms with van der Waals surface area (Å²) in [7, 11) is 0. The first-order chi connectivity index (χ1) is 6.45. The monoisotopic (exact) mass is 284 g/mol. The van der Waals surface area contributed by atoms with Crippen molar-refractivity contribution in [2.45, 2.75) is 6.43 Å². The number of halogens is 4. The number of pyridine rings is 1. The fourth-order valence-corrected chi connectivity index (χ4v) is 1.57. The van der Waals surface area contributed by atoms with Crippen molar-refractivity contribution in [2.75, 3.05) is 5.73 Å². The molecule has 0 atom stereocenters. The summed E-state index contributed by atoms with van der Waals surface area (Å²) < 4.78 is 24.6. The Bertz CT molecular complexity index is 386. The average molecular weight is 285 g/mol. The van der Waals surface area contributed by atoms with E-state index in [2.05, 4.69) is 20.9 Å². The predicted octanol–water partition coefficient (Wildman–Crippen LogP) is 2.74. The molecule has 14 heavy (non-hydrogen) atoms. The van der Waals surface area contributed by atoms with Crippen LogP contribution in [0.1, 0.15) is 22.5 Å². The summed E-state index contributed by atoms with van der Waals surface area (Å²) in [4.78, 5) is 14.1. The molecule has 0 unspecified atom stereocenters. The number of carbonyl (C=O) groups is 1. The number of alkyl halides is 2. The summed E-state index contributed by atoms with van der Waals surface area (Å²) in [6, 6.07) is 0. The number of anilines is 1. The van der Waals surface area contributed by atoms with Crippen LogP contribution in [0.4, 0.5) is 14.5 Å². The second kappa shape index (κ2) is 4.18. The molecule has 0 spiro atoms. The van der Waals surface area contributed by atoms with Crippen molar-refractivity contribution in [2.24, 2.45) is 0 Å². The number of carbonyl (C=O) groups excluding carboxylic acids is 1. The third kappa shape index (κ3) is 2.01. The highest BCUT2D eigenvalue weighted by atomic mass is 79.9. The van der Waals surface area contributed by atoms with E-state index in [1.54, 1.807) is 0 Å². The van der Waals surface area contributed by atoms with Gasteiger partial charge in [0, 0.05) is 6.20 Å². The van der Waals surface area contributed by atoms with E-state index in [0.29, 0.717) is 0 Å². The molecule has 0 aliphatic rings. The van der Waals surface area contributed by atoms with Crippen LogP contribution in [0.5, 0.6) is 0 Å². The van der Waals surface area contributed by atoms with Crippen LogP contribution in [0, 0.1) is 0 Å². The summed E-state index contributed by atoms with van der Waals surface area (Å²) in [5, 5.41) is -0.808. The standard InChI is InChI=1S/C7H4BrClF2N2O/c8-3-2(6(9)14)1-13-5(4(3)12)7(10)11/h1,7H,12H2. The van der Waals surface area contributed by atoms with Gasteiger partial charge in [-0.2, -0.15) is 0 Å². The Labute approximate surface area is 91.4 Å². The third-order valence-electron chi connectivity index (χ3n) is 1.50. The van der Waals surface area contributed by atoms with Gasteiger partial charge >= 0.3 is 0 Å². The molecule has 0 bridgehead atoms. The molecule has 0 radical (unpaired) electrons. The van der Waals surface area contributed by atoms with Crippen molar-refractivity contribution in [1.29, 1.82) is 0 Å². The number of hydrogen-bond donors (Lipinski definition) is 1. The molecule has 3 nitrogen and oxygen atoms in total. The largest absolute Gasteiger partial charge is 0.396 e. The zero-order valence-corrected chi connectivity index (χ0v) is 8.94. The lowest BCUT2D eigenvalue weighted by Gasteiger charge is -2.07. The van der Waals surface area contributed by atoms with Gasteiger partial charge in [0.15, 0.2) is 0 Å². The Morgan fingerprint density at radius 2 is 2.21 bits per heavy atom. The van der Waals surface area contributed by atoms with Crippen LogP contribution in [0.15, 0.2) is 10.7 Å². The summed E-state index contributed by atoms with van der Waals surface area (Å²) >= 11 is 8.06. The van der Waals surface area contributed by atoms with E-state index in [4.69, 9.17) is 17.3 Å². The van der Waals surface area contributed by atoms with Crippen LogP contribution in [0.25, 0.3) is 0 Å². The van der Waals surface area contributed by atoms with E-state index in [0.717, 1.165) is 6.20 Å². The molecule has 0 fully saturated rings. The highest BCUT2D eigenvalue weighted by Crippen LogP contribution is 2.31. The van der Waals surface area contributed by atoms with Crippen LogP contribution in [0.3, 0.4) is 0 Å². The van der Waals surface area contributed by atoms with E-state index >= 15 is 0 Å². The Balaban J connectivity index is 3.33. The van der Waals surface area contributed by atoms with Gasteiger partial charge in [0.25, 0.3) is 11.7 Å². The number of hydrogen-bond acceptors (Lipinski definition) is 3. The lowest BCUT2D eigenvalue weighted by molar-refractivity contribution is 0.107. The van der Waals surface area contributed by atoms with Crippen molar-refractivity contribution >= 4 is 38.5 Å². The Hall–Kier alpha value is -0.750. The molecule has 1 rings (SSSR count). The number of rotatable bonds is 2. The molecule has 0 amide bonds. The number of nitrogens with two attached hydrogens (primary N) is 1. The minimum Gasteiger partial charge on any atom is -0.396 e. The molecule has 0 saturated heterocycles. The fourth-order valence-electron chi connectivity index (χ4n) is 0.829. The molecule has 0 saturated carbocycles. The fraction of sp³-hybridized carbons (Fsp3) is 0.143. The van der Waals surface area contributed by atoms with Gasteiger partial charge in [-0.1, -0.05) is 0 Å². The molecule has 7 heteroatoms. The van der Waals surface area contributed by atoms with Crippen molar-refractivity contribution < 1.29 is 13.6 Å². The molecule has 1 aromatic heterocycles. The van der Waals surface area contributed by atoms with Crippen LogP contribution >= 0.6 is 27.5 Å². The Morgan fingerprint density at radius 3 is 2.64 bits per heavy atom. The first kappa shape index (κ1) is 11.3. The minimum atomic E-state index is -2.79. The molecule has 0 aliphatic carbocycles. The van der Waals surface area contributed by atoms with Gasteiger partial charge in [0.1, 0.15) is 5.69 Å². The van der Waals surface area contributed by atoms with Crippen molar-refractivity contribution in [3.63, 3.8) is 0 Å².